The third-order valence-electron chi connectivity index (χ3n) is 6.13. The first-order valence-corrected chi connectivity index (χ1v) is 12.7. The summed E-state index contributed by atoms with van der Waals surface area (Å²) in [5, 5.41) is 2.69. The van der Waals surface area contributed by atoms with Gasteiger partial charge in [0.05, 0.1) is 23.1 Å². The van der Waals surface area contributed by atoms with Gasteiger partial charge in [0.1, 0.15) is 11.5 Å². The van der Waals surface area contributed by atoms with Gasteiger partial charge < -0.3 is 19.7 Å². The summed E-state index contributed by atoms with van der Waals surface area (Å²) in [6.07, 6.45) is 1.20. The summed E-state index contributed by atoms with van der Waals surface area (Å²) in [6, 6.07) is 10.3. The van der Waals surface area contributed by atoms with Crippen LogP contribution in [-0.2, 0) is 19.6 Å². The molecule has 9 nitrogen and oxygen atoms in total. The SMILES string of the molecule is CCOc1ccc(N(C)C(=O)[C@@H]2CCCN(S(=O)(=O)c3cc4c(cc3C)NC(=O)CO4)C2)cc1. The minimum absolute atomic E-state index is 0.108. The average molecular weight is 488 g/mol. The third kappa shape index (κ3) is 4.74. The summed E-state index contributed by atoms with van der Waals surface area (Å²) in [4.78, 5) is 26.5. The molecule has 1 atom stereocenters. The van der Waals surface area contributed by atoms with E-state index in [1.807, 2.05) is 31.2 Å². The third-order valence-corrected chi connectivity index (χ3v) is 8.13. The van der Waals surface area contributed by atoms with Crippen LogP contribution in [0.25, 0.3) is 0 Å². The van der Waals surface area contributed by atoms with Crippen LogP contribution in [0.3, 0.4) is 0 Å². The van der Waals surface area contributed by atoms with Gasteiger partial charge >= 0.3 is 0 Å². The molecule has 0 bridgehead atoms. The number of nitrogens with one attached hydrogen (secondary N) is 1. The van der Waals surface area contributed by atoms with E-state index in [-0.39, 0.29) is 29.9 Å². The van der Waals surface area contributed by atoms with Crippen molar-refractivity contribution in [3.8, 4) is 11.5 Å². The van der Waals surface area contributed by atoms with Crippen LogP contribution in [-0.4, -0.2) is 57.9 Å². The first kappa shape index (κ1) is 24.0. The largest absolute Gasteiger partial charge is 0.494 e. The normalized spacial score (nSPS) is 18.4. The number of anilines is 2. The Balaban J connectivity index is 1.52. The summed E-state index contributed by atoms with van der Waals surface area (Å²) in [5.41, 5.74) is 1.68. The molecule has 0 unspecified atom stereocenters. The van der Waals surface area contributed by atoms with Crippen molar-refractivity contribution in [3.05, 3.63) is 42.0 Å². The van der Waals surface area contributed by atoms with E-state index in [0.717, 1.165) is 11.4 Å². The van der Waals surface area contributed by atoms with Gasteiger partial charge in [0.2, 0.25) is 15.9 Å². The number of piperidine rings is 1. The fourth-order valence-corrected chi connectivity index (χ4v) is 6.07. The molecule has 2 aliphatic rings. The highest BCUT2D eigenvalue weighted by atomic mass is 32.2. The standard InChI is InChI=1S/C24H29N3O6S/c1-4-32-19-9-7-18(8-10-19)26(3)24(29)17-6-5-11-27(14-17)34(30,31)22-13-21-20(12-16(22)2)25-23(28)15-33-21/h7-10,12-13,17H,4-6,11,14-15H2,1-3H3,(H,25,28)/t17-/m1/s1. The molecule has 0 aromatic heterocycles. The Morgan fingerprint density at radius 2 is 2.00 bits per heavy atom. The average Bonchev–Trinajstić information content (AvgIpc) is 2.83. The van der Waals surface area contributed by atoms with Crippen molar-refractivity contribution < 1.29 is 27.5 Å². The first-order valence-electron chi connectivity index (χ1n) is 11.3. The van der Waals surface area contributed by atoms with E-state index in [1.165, 1.54) is 10.4 Å². The van der Waals surface area contributed by atoms with E-state index in [2.05, 4.69) is 5.32 Å². The zero-order valence-corrected chi connectivity index (χ0v) is 20.4. The van der Waals surface area contributed by atoms with Gasteiger partial charge in [0.15, 0.2) is 6.61 Å². The summed E-state index contributed by atoms with van der Waals surface area (Å²) >= 11 is 0. The van der Waals surface area contributed by atoms with Crippen molar-refractivity contribution in [2.45, 2.75) is 31.6 Å². The highest BCUT2D eigenvalue weighted by Gasteiger charge is 2.36. The second-order valence-corrected chi connectivity index (χ2v) is 10.4. The molecule has 2 amide bonds. The molecule has 182 valence electrons. The van der Waals surface area contributed by atoms with Gasteiger partial charge in [0, 0.05) is 31.9 Å². The smallest absolute Gasteiger partial charge is 0.262 e. The second-order valence-electron chi connectivity index (χ2n) is 8.48. The van der Waals surface area contributed by atoms with E-state index in [9.17, 15) is 18.0 Å². The minimum atomic E-state index is -3.86. The molecule has 0 saturated carbocycles. The molecular weight excluding hydrogens is 458 g/mol. The summed E-state index contributed by atoms with van der Waals surface area (Å²) < 4.78 is 39.3. The van der Waals surface area contributed by atoms with Crippen LogP contribution in [0.4, 0.5) is 11.4 Å². The highest BCUT2D eigenvalue weighted by molar-refractivity contribution is 7.89. The summed E-state index contributed by atoms with van der Waals surface area (Å²) in [6.45, 7) is 4.44. The van der Waals surface area contributed by atoms with Crippen molar-refractivity contribution >= 4 is 33.2 Å². The quantitative estimate of drug-likeness (QED) is 0.672. The number of carbonyl (C=O) groups is 2. The van der Waals surface area contributed by atoms with Crippen LogP contribution in [0.2, 0.25) is 0 Å². The number of rotatable bonds is 6. The monoisotopic (exact) mass is 487 g/mol. The number of amides is 2. The Bertz CT molecular complexity index is 1200. The molecule has 0 radical (unpaired) electrons. The Kier molecular flexibility index (Phi) is 6.81. The van der Waals surface area contributed by atoms with Crippen molar-refractivity contribution in [2.75, 3.05) is 43.6 Å². The maximum Gasteiger partial charge on any atom is 0.262 e. The van der Waals surface area contributed by atoms with Gasteiger partial charge in [-0.1, -0.05) is 0 Å². The van der Waals surface area contributed by atoms with Gasteiger partial charge in [-0.2, -0.15) is 4.31 Å². The van der Waals surface area contributed by atoms with Crippen molar-refractivity contribution in [1.82, 2.24) is 4.31 Å². The number of aryl methyl sites for hydroxylation is 1. The van der Waals surface area contributed by atoms with Crippen LogP contribution < -0.4 is 19.7 Å². The Hall–Kier alpha value is -3.11. The number of carbonyl (C=O) groups excluding carboxylic acids is 2. The lowest BCUT2D eigenvalue weighted by atomic mass is 9.98. The zero-order valence-electron chi connectivity index (χ0n) is 19.5. The number of fused-ring (bicyclic) bond motifs is 1. The second kappa shape index (κ2) is 9.63. The Morgan fingerprint density at radius 3 is 2.71 bits per heavy atom. The van der Waals surface area contributed by atoms with Crippen LogP contribution in [0.5, 0.6) is 11.5 Å². The van der Waals surface area contributed by atoms with Gasteiger partial charge in [-0.3, -0.25) is 9.59 Å². The molecule has 1 N–H and O–H groups in total. The molecular formula is C24H29N3O6S. The molecule has 1 saturated heterocycles. The zero-order chi connectivity index (χ0) is 24.5. The summed E-state index contributed by atoms with van der Waals surface area (Å²) in [5.74, 6) is 0.192. The number of sulfonamides is 1. The van der Waals surface area contributed by atoms with Gasteiger partial charge in [-0.25, -0.2) is 8.42 Å². The fraction of sp³-hybridized carbons (Fsp3) is 0.417. The molecule has 1 fully saturated rings. The predicted molar refractivity (Wildman–Crippen MR) is 128 cm³/mol. The number of ether oxygens (including phenoxy) is 2. The van der Waals surface area contributed by atoms with Crippen molar-refractivity contribution in [3.63, 3.8) is 0 Å². The molecule has 0 aliphatic carbocycles. The number of nitrogens with zero attached hydrogens (tertiary/aromatic N) is 2. The maximum atomic E-state index is 13.5. The Morgan fingerprint density at radius 1 is 1.26 bits per heavy atom. The van der Waals surface area contributed by atoms with E-state index in [4.69, 9.17) is 9.47 Å². The van der Waals surface area contributed by atoms with Crippen molar-refractivity contribution in [1.29, 1.82) is 0 Å². The van der Waals surface area contributed by atoms with Gasteiger partial charge in [-0.05, 0) is 62.6 Å². The van der Waals surface area contributed by atoms with Crippen LogP contribution in [0.1, 0.15) is 25.3 Å². The topological polar surface area (TPSA) is 105 Å². The Labute approximate surface area is 199 Å². The molecule has 10 heteroatoms. The van der Waals surface area contributed by atoms with Crippen LogP contribution in [0, 0.1) is 12.8 Å². The molecule has 2 aromatic carbocycles. The number of hydrogen-bond acceptors (Lipinski definition) is 6. The maximum absolute atomic E-state index is 13.5. The molecule has 4 rings (SSSR count). The predicted octanol–water partition coefficient (Wildman–Crippen LogP) is 2.79. The van der Waals surface area contributed by atoms with Crippen molar-refractivity contribution in [2.24, 2.45) is 5.92 Å². The highest BCUT2D eigenvalue weighted by Crippen LogP contribution is 2.35. The molecule has 2 heterocycles. The summed E-state index contributed by atoms with van der Waals surface area (Å²) in [7, 11) is -2.16. The molecule has 0 spiro atoms. The van der Waals surface area contributed by atoms with E-state index in [0.29, 0.717) is 43.0 Å². The van der Waals surface area contributed by atoms with E-state index < -0.39 is 15.9 Å². The lowest BCUT2D eigenvalue weighted by molar-refractivity contribution is -0.123. The lowest BCUT2D eigenvalue weighted by Crippen LogP contribution is -2.46. The first-order chi connectivity index (χ1) is 16.2. The molecule has 34 heavy (non-hydrogen) atoms. The molecule has 2 aromatic rings. The van der Waals surface area contributed by atoms with Crippen LogP contribution >= 0.6 is 0 Å². The van der Waals surface area contributed by atoms with Gasteiger partial charge in [-0.15, -0.1) is 0 Å². The van der Waals surface area contributed by atoms with E-state index in [1.54, 1.807) is 24.9 Å². The minimum Gasteiger partial charge on any atom is -0.494 e. The molecule has 2 aliphatic heterocycles. The lowest BCUT2D eigenvalue weighted by Gasteiger charge is -2.33. The number of hydrogen-bond donors (Lipinski definition) is 1. The number of benzene rings is 2. The van der Waals surface area contributed by atoms with E-state index >= 15 is 0 Å². The van der Waals surface area contributed by atoms with Crippen LogP contribution in [0.15, 0.2) is 41.3 Å². The van der Waals surface area contributed by atoms with Gasteiger partial charge in [0.25, 0.3) is 5.91 Å². The fourth-order valence-electron chi connectivity index (χ4n) is 4.33.